The molecule has 1 heterocycles. The Labute approximate surface area is 116 Å². The van der Waals surface area contributed by atoms with Gasteiger partial charge in [-0.25, -0.2) is 4.39 Å². The molecule has 0 amide bonds. The molecule has 1 aromatic carbocycles. The fourth-order valence-corrected chi connectivity index (χ4v) is 1.86. The van der Waals surface area contributed by atoms with Gasteiger partial charge in [-0.2, -0.15) is 0 Å². The number of halogens is 2. The van der Waals surface area contributed by atoms with Crippen LogP contribution in [0, 0.1) is 5.82 Å². The van der Waals surface area contributed by atoms with E-state index in [1.807, 2.05) is 0 Å². The predicted octanol–water partition coefficient (Wildman–Crippen LogP) is 3.19. The summed E-state index contributed by atoms with van der Waals surface area (Å²) in [5.74, 6) is -0.407. The average Bonchev–Trinajstić information content (AvgIpc) is 2.42. The Bertz CT molecular complexity index is 544. The number of hydrogen-bond acceptors (Lipinski definition) is 3. The number of benzene rings is 1. The van der Waals surface area contributed by atoms with Crippen molar-refractivity contribution in [1.82, 2.24) is 4.98 Å². The lowest BCUT2D eigenvalue weighted by Crippen LogP contribution is -2.36. The van der Waals surface area contributed by atoms with Crippen molar-refractivity contribution in [3.63, 3.8) is 0 Å². The summed E-state index contributed by atoms with van der Waals surface area (Å²) in [6, 6.07) is 9.98. The monoisotopic (exact) mass is 280 g/mol. The van der Waals surface area contributed by atoms with Crippen LogP contribution in [0.3, 0.4) is 0 Å². The lowest BCUT2D eigenvalue weighted by Gasteiger charge is -2.29. The standard InChI is InChI=1S/C14H14ClFN2O/c1-14(9-19,13-7-4-11(16)8-17-13)18-12-5-2-10(15)3-6-12/h2-8,18-19H,9H2,1H3. The summed E-state index contributed by atoms with van der Waals surface area (Å²) in [7, 11) is 0. The minimum absolute atomic E-state index is 0.172. The number of anilines is 1. The van der Waals surface area contributed by atoms with Crippen molar-refractivity contribution in [2.45, 2.75) is 12.5 Å². The summed E-state index contributed by atoms with van der Waals surface area (Å²) >= 11 is 5.82. The second-order valence-corrected chi connectivity index (χ2v) is 4.92. The van der Waals surface area contributed by atoms with Gasteiger partial charge in [0, 0.05) is 10.7 Å². The second kappa shape index (κ2) is 5.55. The van der Waals surface area contributed by atoms with E-state index in [2.05, 4.69) is 10.3 Å². The van der Waals surface area contributed by atoms with E-state index < -0.39 is 11.4 Å². The van der Waals surface area contributed by atoms with Gasteiger partial charge in [0.15, 0.2) is 0 Å². The van der Waals surface area contributed by atoms with Gasteiger partial charge in [-0.1, -0.05) is 11.6 Å². The topological polar surface area (TPSA) is 45.1 Å². The zero-order valence-corrected chi connectivity index (χ0v) is 11.2. The van der Waals surface area contributed by atoms with E-state index in [9.17, 15) is 9.50 Å². The third kappa shape index (κ3) is 3.22. The highest BCUT2D eigenvalue weighted by Gasteiger charge is 2.27. The first-order valence-corrected chi connectivity index (χ1v) is 6.18. The van der Waals surface area contributed by atoms with Crippen molar-refractivity contribution in [2.75, 3.05) is 11.9 Å². The molecular weight excluding hydrogens is 267 g/mol. The van der Waals surface area contributed by atoms with Gasteiger partial charge in [0.2, 0.25) is 0 Å². The molecule has 0 saturated heterocycles. The molecule has 0 spiro atoms. The largest absolute Gasteiger partial charge is 0.394 e. The molecule has 0 bridgehead atoms. The van der Waals surface area contributed by atoms with E-state index in [1.165, 1.54) is 6.07 Å². The van der Waals surface area contributed by atoms with Crippen molar-refractivity contribution in [1.29, 1.82) is 0 Å². The van der Waals surface area contributed by atoms with Crippen LogP contribution in [0.1, 0.15) is 12.6 Å². The van der Waals surface area contributed by atoms with E-state index >= 15 is 0 Å². The number of aromatic nitrogens is 1. The molecule has 1 aromatic heterocycles. The van der Waals surface area contributed by atoms with Crippen molar-refractivity contribution < 1.29 is 9.50 Å². The molecule has 2 N–H and O–H groups in total. The fraction of sp³-hybridized carbons (Fsp3) is 0.214. The number of rotatable bonds is 4. The Morgan fingerprint density at radius 1 is 1.26 bits per heavy atom. The van der Waals surface area contributed by atoms with Crippen LogP contribution >= 0.6 is 11.6 Å². The van der Waals surface area contributed by atoms with Gasteiger partial charge >= 0.3 is 0 Å². The molecule has 1 unspecified atom stereocenters. The SMILES string of the molecule is CC(CO)(Nc1ccc(Cl)cc1)c1ccc(F)cn1. The third-order valence-corrected chi connectivity index (χ3v) is 3.13. The summed E-state index contributed by atoms with van der Waals surface area (Å²) in [6.45, 7) is 1.62. The number of pyridine rings is 1. The first-order valence-electron chi connectivity index (χ1n) is 5.80. The molecule has 0 aliphatic heterocycles. The molecule has 19 heavy (non-hydrogen) atoms. The highest BCUT2D eigenvalue weighted by molar-refractivity contribution is 6.30. The van der Waals surface area contributed by atoms with Gasteiger partial charge < -0.3 is 10.4 Å². The summed E-state index contributed by atoms with van der Waals surface area (Å²) in [5, 5.41) is 13.4. The molecule has 0 aliphatic carbocycles. The lowest BCUT2D eigenvalue weighted by molar-refractivity contribution is 0.221. The van der Waals surface area contributed by atoms with Crippen molar-refractivity contribution in [2.24, 2.45) is 0 Å². The summed E-state index contributed by atoms with van der Waals surface area (Å²) in [6.07, 6.45) is 1.13. The van der Waals surface area contributed by atoms with E-state index in [0.29, 0.717) is 10.7 Å². The smallest absolute Gasteiger partial charge is 0.141 e. The van der Waals surface area contributed by atoms with Crippen molar-refractivity contribution in [3.05, 3.63) is 59.1 Å². The minimum atomic E-state index is -0.790. The first kappa shape index (κ1) is 13.8. The Morgan fingerprint density at radius 3 is 2.47 bits per heavy atom. The Balaban J connectivity index is 2.27. The highest BCUT2D eigenvalue weighted by Crippen LogP contribution is 2.25. The van der Waals surface area contributed by atoms with Crippen LogP contribution in [-0.4, -0.2) is 16.7 Å². The van der Waals surface area contributed by atoms with Crippen LogP contribution in [0.2, 0.25) is 5.02 Å². The molecule has 100 valence electrons. The maximum Gasteiger partial charge on any atom is 0.141 e. The van der Waals surface area contributed by atoms with E-state index in [-0.39, 0.29) is 6.61 Å². The minimum Gasteiger partial charge on any atom is -0.394 e. The van der Waals surface area contributed by atoms with Gasteiger partial charge in [-0.15, -0.1) is 0 Å². The van der Waals surface area contributed by atoms with Crippen LogP contribution < -0.4 is 5.32 Å². The van der Waals surface area contributed by atoms with E-state index in [1.54, 1.807) is 37.3 Å². The molecule has 0 fully saturated rings. The van der Waals surface area contributed by atoms with Crippen LogP contribution in [0.4, 0.5) is 10.1 Å². The van der Waals surface area contributed by atoms with Crippen LogP contribution in [0.15, 0.2) is 42.6 Å². The quantitative estimate of drug-likeness (QED) is 0.904. The summed E-state index contributed by atoms with van der Waals surface area (Å²) < 4.78 is 12.9. The maximum absolute atomic E-state index is 12.9. The molecule has 2 rings (SSSR count). The van der Waals surface area contributed by atoms with Gasteiger partial charge in [-0.3, -0.25) is 4.98 Å². The first-order chi connectivity index (χ1) is 9.03. The van der Waals surface area contributed by atoms with Crippen LogP contribution in [-0.2, 0) is 5.54 Å². The van der Waals surface area contributed by atoms with Crippen LogP contribution in [0.25, 0.3) is 0 Å². The predicted molar refractivity (Wildman–Crippen MR) is 73.7 cm³/mol. The summed E-state index contributed by atoms with van der Waals surface area (Å²) in [5.41, 5.74) is 0.570. The molecule has 0 saturated carbocycles. The number of aliphatic hydroxyl groups excluding tert-OH is 1. The Morgan fingerprint density at radius 2 is 1.95 bits per heavy atom. The highest BCUT2D eigenvalue weighted by atomic mass is 35.5. The number of aliphatic hydroxyl groups is 1. The second-order valence-electron chi connectivity index (χ2n) is 4.48. The van der Waals surface area contributed by atoms with E-state index in [0.717, 1.165) is 11.9 Å². The van der Waals surface area contributed by atoms with Gasteiger partial charge in [0.25, 0.3) is 0 Å². The number of nitrogens with one attached hydrogen (secondary N) is 1. The Hall–Kier alpha value is -1.65. The third-order valence-electron chi connectivity index (χ3n) is 2.87. The molecule has 2 aromatic rings. The molecule has 0 radical (unpaired) electrons. The maximum atomic E-state index is 12.9. The fourth-order valence-electron chi connectivity index (χ4n) is 1.74. The van der Waals surface area contributed by atoms with Gasteiger partial charge in [-0.05, 0) is 43.3 Å². The normalized spacial score (nSPS) is 13.9. The zero-order valence-electron chi connectivity index (χ0n) is 10.4. The van der Waals surface area contributed by atoms with Crippen molar-refractivity contribution in [3.8, 4) is 0 Å². The number of nitrogens with zero attached hydrogens (tertiary/aromatic N) is 1. The average molecular weight is 281 g/mol. The zero-order chi connectivity index (χ0) is 13.9. The molecular formula is C14H14ClFN2O. The molecule has 3 nitrogen and oxygen atoms in total. The Kier molecular flexibility index (Phi) is 4.02. The molecule has 1 atom stereocenters. The van der Waals surface area contributed by atoms with Crippen molar-refractivity contribution >= 4 is 17.3 Å². The molecule has 0 aliphatic rings. The molecule has 5 heteroatoms. The van der Waals surface area contributed by atoms with Gasteiger partial charge in [0.05, 0.1) is 24.0 Å². The van der Waals surface area contributed by atoms with Gasteiger partial charge in [0.1, 0.15) is 5.82 Å². The lowest BCUT2D eigenvalue weighted by atomic mass is 9.97. The van der Waals surface area contributed by atoms with E-state index in [4.69, 9.17) is 11.6 Å². The summed E-state index contributed by atoms with van der Waals surface area (Å²) in [4.78, 5) is 4.01. The van der Waals surface area contributed by atoms with Crippen LogP contribution in [0.5, 0.6) is 0 Å². The number of hydrogen-bond donors (Lipinski definition) is 2.